The van der Waals surface area contributed by atoms with Crippen LogP contribution in [-0.2, 0) is 13.1 Å². The molecule has 1 aliphatic rings. The number of hydrogen-bond acceptors (Lipinski definition) is 2. The van der Waals surface area contributed by atoms with Crippen LogP contribution in [0.1, 0.15) is 16.8 Å². The van der Waals surface area contributed by atoms with Crippen molar-refractivity contribution >= 4 is 15.9 Å². The molecule has 0 bridgehead atoms. The van der Waals surface area contributed by atoms with E-state index in [1.54, 1.807) is 0 Å². The Morgan fingerprint density at radius 3 is 3.18 bits per heavy atom. The SMILES string of the molecule is Cc1ncc2c(c1Br)CNC2. The fraction of sp³-hybridized carbons (Fsp3) is 0.375. The molecule has 1 aliphatic heterocycles. The van der Waals surface area contributed by atoms with Crippen LogP contribution in [0.25, 0.3) is 0 Å². The molecule has 11 heavy (non-hydrogen) atoms. The lowest BCUT2D eigenvalue weighted by molar-refractivity contribution is 0.763. The van der Waals surface area contributed by atoms with Crippen LogP contribution in [0.3, 0.4) is 0 Å². The van der Waals surface area contributed by atoms with Crippen LogP contribution in [0.2, 0.25) is 0 Å². The van der Waals surface area contributed by atoms with Crippen LogP contribution in [0, 0.1) is 6.92 Å². The molecule has 1 aromatic heterocycles. The second kappa shape index (κ2) is 2.57. The number of aryl methyl sites for hydroxylation is 1. The van der Waals surface area contributed by atoms with Crippen LogP contribution in [0.4, 0.5) is 0 Å². The molecule has 0 saturated heterocycles. The number of nitrogens with zero attached hydrogens (tertiary/aromatic N) is 1. The zero-order valence-electron chi connectivity index (χ0n) is 6.32. The molecule has 2 heterocycles. The third-order valence-electron chi connectivity index (χ3n) is 2.00. The van der Waals surface area contributed by atoms with Gasteiger partial charge in [0.1, 0.15) is 0 Å². The fourth-order valence-electron chi connectivity index (χ4n) is 1.33. The lowest BCUT2D eigenvalue weighted by Gasteiger charge is -2.02. The summed E-state index contributed by atoms with van der Waals surface area (Å²) in [6, 6.07) is 0. The summed E-state index contributed by atoms with van der Waals surface area (Å²) in [5.41, 5.74) is 3.77. The highest BCUT2D eigenvalue weighted by Gasteiger charge is 2.14. The van der Waals surface area contributed by atoms with E-state index in [9.17, 15) is 0 Å². The Morgan fingerprint density at radius 1 is 1.55 bits per heavy atom. The van der Waals surface area contributed by atoms with E-state index >= 15 is 0 Å². The zero-order valence-corrected chi connectivity index (χ0v) is 7.90. The fourth-order valence-corrected chi connectivity index (χ4v) is 1.83. The largest absolute Gasteiger partial charge is 0.308 e. The Hall–Kier alpha value is -0.410. The van der Waals surface area contributed by atoms with Crippen molar-refractivity contribution < 1.29 is 0 Å². The molecule has 0 spiro atoms. The molecule has 0 atom stereocenters. The second-order valence-corrected chi connectivity index (χ2v) is 3.56. The average Bonchev–Trinajstić information content (AvgIpc) is 2.45. The van der Waals surface area contributed by atoms with E-state index < -0.39 is 0 Å². The summed E-state index contributed by atoms with van der Waals surface area (Å²) in [6.07, 6.45) is 1.95. The van der Waals surface area contributed by atoms with Gasteiger partial charge < -0.3 is 5.32 Å². The number of rotatable bonds is 0. The van der Waals surface area contributed by atoms with Crippen molar-refractivity contribution in [3.63, 3.8) is 0 Å². The summed E-state index contributed by atoms with van der Waals surface area (Å²) in [7, 11) is 0. The van der Waals surface area contributed by atoms with Crippen molar-refractivity contribution in [2.45, 2.75) is 20.0 Å². The number of pyridine rings is 1. The highest BCUT2D eigenvalue weighted by Crippen LogP contribution is 2.25. The summed E-state index contributed by atoms with van der Waals surface area (Å²) >= 11 is 3.53. The van der Waals surface area contributed by atoms with Gasteiger partial charge >= 0.3 is 0 Å². The Bertz CT molecular complexity index is 296. The van der Waals surface area contributed by atoms with Crippen LogP contribution in [0.15, 0.2) is 10.7 Å². The maximum atomic E-state index is 4.26. The van der Waals surface area contributed by atoms with E-state index in [-0.39, 0.29) is 0 Å². The third kappa shape index (κ3) is 1.08. The molecule has 0 radical (unpaired) electrons. The molecule has 0 saturated carbocycles. The van der Waals surface area contributed by atoms with E-state index in [0.717, 1.165) is 18.8 Å². The minimum absolute atomic E-state index is 0.960. The first-order valence-corrected chi connectivity index (χ1v) is 4.42. The number of hydrogen-bond donors (Lipinski definition) is 1. The minimum Gasteiger partial charge on any atom is -0.308 e. The van der Waals surface area contributed by atoms with E-state index in [1.165, 1.54) is 15.6 Å². The van der Waals surface area contributed by atoms with Gasteiger partial charge in [0.15, 0.2) is 0 Å². The lowest BCUT2D eigenvalue weighted by Crippen LogP contribution is -2.00. The Labute approximate surface area is 74.2 Å². The van der Waals surface area contributed by atoms with Gasteiger partial charge in [0, 0.05) is 23.8 Å². The van der Waals surface area contributed by atoms with Gasteiger partial charge in [-0.2, -0.15) is 0 Å². The predicted octanol–water partition coefficient (Wildman–Crippen LogP) is 1.76. The van der Waals surface area contributed by atoms with Crippen molar-refractivity contribution in [3.8, 4) is 0 Å². The van der Waals surface area contributed by atoms with Gasteiger partial charge in [-0.25, -0.2) is 0 Å². The minimum atomic E-state index is 0.960. The zero-order chi connectivity index (χ0) is 7.84. The predicted molar refractivity (Wildman–Crippen MR) is 47.2 cm³/mol. The van der Waals surface area contributed by atoms with Gasteiger partial charge in [-0.3, -0.25) is 4.98 Å². The van der Waals surface area contributed by atoms with E-state index in [1.807, 2.05) is 13.1 Å². The second-order valence-electron chi connectivity index (χ2n) is 2.76. The van der Waals surface area contributed by atoms with Crippen molar-refractivity contribution in [1.82, 2.24) is 10.3 Å². The van der Waals surface area contributed by atoms with Crippen molar-refractivity contribution in [2.24, 2.45) is 0 Å². The van der Waals surface area contributed by atoms with Gasteiger partial charge in [-0.05, 0) is 34.0 Å². The molecule has 1 N–H and O–H groups in total. The topological polar surface area (TPSA) is 24.9 Å². The number of nitrogens with one attached hydrogen (secondary N) is 1. The maximum absolute atomic E-state index is 4.26. The van der Waals surface area contributed by atoms with Crippen LogP contribution in [0.5, 0.6) is 0 Å². The smallest absolute Gasteiger partial charge is 0.0518 e. The molecule has 58 valence electrons. The molecule has 0 unspecified atom stereocenters. The summed E-state index contributed by atoms with van der Waals surface area (Å²) < 4.78 is 1.17. The average molecular weight is 213 g/mol. The van der Waals surface area contributed by atoms with Gasteiger partial charge in [0.2, 0.25) is 0 Å². The van der Waals surface area contributed by atoms with E-state index in [4.69, 9.17) is 0 Å². The van der Waals surface area contributed by atoms with E-state index in [0.29, 0.717) is 0 Å². The molecule has 0 amide bonds. The summed E-state index contributed by atoms with van der Waals surface area (Å²) in [5.74, 6) is 0. The lowest BCUT2D eigenvalue weighted by atomic mass is 10.2. The highest BCUT2D eigenvalue weighted by molar-refractivity contribution is 9.10. The number of aromatic nitrogens is 1. The van der Waals surface area contributed by atoms with Crippen LogP contribution < -0.4 is 5.32 Å². The summed E-state index contributed by atoms with van der Waals surface area (Å²) in [4.78, 5) is 4.26. The monoisotopic (exact) mass is 212 g/mol. The maximum Gasteiger partial charge on any atom is 0.0518 e. The van der Waals surface area contributed by atoms with Gasteiger partial charge in [-0.15, -0.1) is 0 Å². The molecular formula is C8H9BrN2. The molecule has 3 heteroatoms. The van der Waals surface area contributed by atoms with Crippen molar-refractivity contribution in [2.75, 3.05) is 0 Å². The first kappa shape index (κ1) is 7.25. The Kier molecular flexibility index (Phi) is 1.69. The molecule has 0 fully saturated rings. The molecule has 2 rings (SSSR count). The van der Waals surface area contributed by atoms with Crippen LogP contribution in [-0.4, -0.2) is 4.98 Å². The molecule has 1 aromatic rings. The quantitative estimate of drug-likeness (QED) is 0.710. The Balaban J connectivity index is 2.62. The molecule has 0 aliphatic carbocycles. The first-order chi connectivity index (χ1) is 5.29. The van der Waals surface area contributed by atoms with Crippen molar-refractivity contribution in [1.29, 1.82) is 0 Å². The summed E-state index contributed by atoms with van der Waals surface area (Å²) in [6.45, 7) is 3.95. The normalized spacial score (nSPS) is 15.1. The van der Waals surface area contributed by atoms with E-state index in [2.05, 4.69) is 26.2 Å². The Morgan fingerprint density at radius 2 is 2.36 bits per heavy atom. The van der Waals surface area contributed by atoms with Gasteiger partial charge in [0.25, 0.3) is 0 Å². The van der Waals surface area contributed by atoms with Gasteiger partial charge in [0.05, 0.1) is 5.69 Å². The highest BCUT2D eigenvalue weighted by atomic mass is 79.9. The molecule has 2 nitrogen and oxygen atoms in total. The van der Waals surface area contributed by atoms with Crippen molar-refractivity contribution in [3.05, 3.63) is 27.5 Å². The first-order valence-electron chi connectivity index (χ1n) is 3.62. The number of fused-ring (bicyclic) bond motifs is 1. The molecule has 0 aromatic carbocycles. The third-order valence-corrected chi connectivity index (χ3v) is 3.05. The summed E-state index contributed by atoms with van der Waals surface area (Å²) in [5, 5.41) is 3.29. The van der Waals surface area contributed by atoms with Crippen LogP contribution >= 0.6 is 15.9 Å². The number of halogens is 1. The van der Waals surface area contributed by atoms with Gasteiger partial charge in [-0.1, -0.05) is 0 Å². The molecular weight excluding hydrogens is 204 g/mol. The standard InChI is InChI=1S/C8H9BrN2/c1-5-8(9)7-4-10-2-6(7)3-11-5/h3,10H,2,4H2,1H3.